The Morgan fingerprint density at radius 2 is 2.11 bits per heavy atom. The zero-order valence-corrected chi connectivity index (χ0v) is 5.39. The van der Waals surface area contributed by atoms with Crippen LogP contribution in [-0.2, 0) is 9.53 Å². The van der Waals surface area contributed by atoms with Crippen molar-refractivity contribution in [3.05, 3.63) is 0 Å². The summed E-state index contributed by atoms with van der Waals surface area (Å²) in [5.41, 5.74) is 0. The van der Waals surface area contributed by atoms with Crippen molar-refractivity contribution in [2.24, 2.45) is 5.92 Å². The number of ether oxygens (including phenoxy) is 1. The molecule has 0 aromatic carbocycles. The third-order valence-electron chi connectivity index (χ3n) is 0.881. The molecule has 0 bridgehead atoms. The van der Waals surface area contributed by atoms with Crippen LogP contribution in [0.5, 0.6) is 0 Å². The molecule has 50 valence electrons. The van der Waals surface area contributed by atoms with Crippen LogP contribution in [0.2, 0.25) is 0 Å². The number of rotatable bonds is 4. The summed E-state index contributed by atoms with van der Waals surface area (Å²) in [6.07, 6.45) is 0.957. The molecule has 0 N–H and O–H groups in total. The predicted molar refractivity (Wildman–Crippen MR) is 38.6 cm³/mol. The third-order valence-corrected chi connectivity index (χ3v) is 0.881. The normalized spacial score (nSPS) is 8.33. The molecule has 0 amide bonds. The van der Waals surface area contributed by atoms with Crippen LogP contribution in [0.25, 0.3) is 0 Å². The molecule has 0 aliphatic carbocycles. The minimum absolute atomic E-state index is 0. The fraction of sp³-hybridized carbons (Fsp3) is 0.833. The maximum absolute atomic E-state index is 9.56. The van der Waals surface area contributed by atoms with E-state index < -0.39 is 0 Å². The summed E-state index contributed by atoms with van der Waals surface area (Å²) in [6.45, 7) is 5.23. The summed E-state index contributed by atoms with van der Waals surface area (Å²) in [7, 11) is 0. The van der Waals surface area contributed by atoms with Gasteiger partial charge in [0.25, 0.3) is 6.47 Å². The predicted octanol–water partition coefficient (Wildman–Crippen LogP) is 0.557. The van der Waals surface area contributed by atoms with E-state index in [0.717, 1.165) is 6.42 Å². The molecular formula is C6H13NaO2. The molecule has 0 aliphatic rings. The van der Waals surface area contributed by atoms with Gasteiger partial charge in [-0.05, 0) is 12.3 Å². The molecule has 0 aromatic heterocycles. The topological polar surface area (TPSA) is 26.3 Å². The van der Waals surface area contributed by atoms with E-state index in [2.05, 4.69) is 18.6 Å². The molecule has 2 nitrogen and oxygen atoms in total. The molecule has 0 radical (unpaired) electrons. The summed E-state index contributed by atoms with van der Waals surface area (Å²) in [6, 6.07) is 0. The van der Waals surface area contributed by atoms with Crippen LogP contribution in [0.1, 0.15) is 20.3 Å². The van der Waals surface area contributed by atoms with Crippen molar-refractivity contribution in [2.45, 2.75) is 20.3 Å². The Morgan fingerprint density at radius 3 is 2.44 bits per heavy atom. The van der Waals surface area contributed by atoms with Crippen molar-refractivity contribution in [3.8, 4) is 0 Å². The van der Waals surface area contributed by atoms with Gasteiger partial charge in [0, 0.05) is 0 Å². The average molecular weight is 140 g/mol. The van der Waals surface area contributed by atoms with Crippen molar-refractivity contribution >= 4 is 36.0 Å². The first-order valence-corrected chi connectivity index (χ1v) is 2.82. The van der Waals surface area contributed by atoms with Gasteiger partial charge >= 0.3 is 29.6 Å². The van der Waals surface area contributed by atoms with Crippen LogP contribution in [0.3, 0.4) is 0 Å². The van der Waals surface area contributed by atoms with Gasteiger partial charge in [0.2, 0.25) is 0 Å². The van der Waals surface area contributed by atoms with Crippen LogP contribution < -0.4 is 0 Å². The van der Waals surface area contributed by atoms with Crippen molar-refractivity contribution in [2.75, 3.05) is 6.61 Å². The summed E-state index contributed by atoms with van der Waals surface area (Å²) in [4.78, 5) is 9.56. The molecule has 0 saturated carbocycles. The molecule has 0 atom stereocenters. The molecule has 0 aromatic rings. The zero-order valence-electron chi connectivity index (χ0n) is 5.39. The Hall–Kier alpha value is 0.470. The number of carbonyl (C=O) groups excluding carboxylic acids is 1. The Morgan fingerprint density at radius 1 is 1.56 bits per heavy atom. The molecule has 0 unspecified atom stereocenters. The quantitative estimate of drug-likeness (QED) is 0.324. The van der Waals surface area contributed by atoms with Crippen LogP contribution in [0, 0.1) is 5.92 Å². The van der Waals surface area contributed by atoms with Gasteiger partial charge in [-0.2, -0.15) is 0 Å². The van der Waals surface area contributed by atoms with E-state index in [9.17, 15) is 4.79 Å². The summed E-state index contributed by atoms with van der Waals surface area (Å²) >= 11 is 0. The number of carbonyl (C=O) groups is 1. The second-order valence-electron chi connectivity index (χ2n) is 2.15. The monoisotopic (exact) mass is 140 g/mol. The van der Waals surface area contributed by atoms with Crippen molar-refractivity contribution in [1.82, 2.24) is 0 Å². The maximum atomic E-state index is 9.56. The average Bonchev–Trinajstić information content (AvgIpc) is 1.66. The Balaban J connectivity index is 0. The van der Waals surface area contributed by atoms with E-state index in [1.807, 2.05) is 0 Å². The molecular weight excluding hydrogens is 127 g/mol. The van der Waals surface area contributed by atoms with E-state index >= 15 is 0 Å². The minimum atomic E-state index is 0. The van der Waals surface area contributed by atoms with Crippen LogP contribution in [0.15, 0.2) is 0 Å². The molecule has 0 rings (SSSR count). The van der Waals surface area contributed by atoms with E-state index in [4.69, 9.17) is 0 Å². The SMILES string of the molecule is CC(C)CCOC=O.[NaH]. The van der Waals surface area contributed by atoms with Crippen molar-refractivity contribution < 1.29 is 9.53 Å². The first-order valence-electron chi connectivity index (χ1n) is 2.82. The van der Waals surface area contributed by atoms with E-state index in [0.29, 0.717) is 19.0 Å². The van der Waals surface area contributed by atoms with Gasteiger partial charge in [-0.3, -0.25) is 4.79 Å². The van der Waals surface area contributed by atoms with Gasteiger partial charge in [0.1, 0.15) is 0 Å². The van der Waals surface area contributed by atoms with E-state index in [1.165, 1.54) is 0 Å². The molecule has 0 saturated heterocycles. The first-order chi connectivity index (χ1) is 3.77. The fourth-order valence-corrected chi connectivity index (χ4v) is 0.352. The first kappa shape index (κ1) is 12.2. The summed E-state index contributed by atoms with van der Waals surface area (Å²) in [5, 5.41) is 0. The van der Waals surface area contributed by atoms with Gasteiger partial charge in [-0.15, -0.1) is 0 Å². The Bertz CT molecular complexity index is 64.1. The zero-order chi connectivity index (χ0) is 6.41. The Labute approximate surface area is 78.3 Å². The third kappa shape index (κ3) is 11.8. The summed E-state index contributed by atoms with van der Waals surface area (Å²) in [5.74, 6) is 0.620. The van der Waals surface area contributed by atoms with Gasteiger partial charge in [0.05, 0.1) is 6.61 Å². The molecule has 9 heavy (non-hydrogen) atoms. The molecule has 0 heterocycles. The van der Waals surface area contributed by atoms with Gasteiger partial charge in [0.15, 0.2) is 0 Å². The molecule has 0 spiro atoms. The molecule has 3 heteroatoms. The van der Waals surface area contributed by atoms with Crippen LogP contribution in [0.4, 0.5) is 0 Å². The standard InChI is InChI=1S/C6H12O2.Na.H/c1-6(2)3-4-8-5-7;;/h5-6H,3-4H2,1-2H3;;. The van der Waals surface area contributed by atoms with Crippen LogP contribution in [-0.4, -0.2) is 42.6 Å². The second-order valence-corrected chi connectivity index (χ2v) is 2.15. The summed E-state index contributed by atoms with van der Waals surface area (Å²) < 4.78 is 4.46. The molecule has 0 aliphatic heterocycles. The second kappa shape index (κ2) is 8.47. The van der Waals surface area contributed by atoms with Crippen LogP contribution >= 0.6 is 0 Å². The molecule has 0 fully saturated rings. The number of hydrogen-bond donors (Lipinski definition) is 0. The number of hydrogen-bond acceptors (Lipinski definition) is 2. The van der Waals surface area contributed by atoms with Gasteiger partial charge in [-0.1, -0.05) is 13.8 Å². The Kier molecular flexibility index (Phi) is 11.5. The van der Waals surface area contributed by atoms with Crippen molar-refractivity contribution in [3.63, 3.8) is 0 Å². The van der Waals surface area contributed by atoms with Crippen molar-refractivity contribution in [1.29, 1.82) is 0 Å². The van der Waals surface area contributed by atoms with Gasteiger partial charge in [-0.25, -0.2) is 0 Å². The van der Waals surface area contributed by atoms with E-state index in [1.54, 1.807) is 0 Å². The van der Waals surface area contributed by atoms with E-state index in [-0.39, 0.29) is 29.6 Å². The fourth-order valence-electron chi connectivity index (χ4n) is 0.352. The van der Waals surface area contributed by atoms with Gasteiger partial charge < -0.3 is 4.74 Å².